The number of rotatable bonds is 5. The Kier molecular flexibility index (Phi) is 5.13. The standard InChI is InChI=1S/C25H35N7O2/c1-25-14-31(8-6-19(25)20(25)10-26)23(33)28-21-7-9-32(24(34)29-21)16-4-2-15(3-5-16)11-30-12-17-18(13-30)22(17)27/h2-5,7,9,17-22H,6,8,10-14,26-27H2,1H3,(H,28,33)(H,29,34)/t17-,18+,19?,20?,21?,22?,25?. The fourth-order valence-electron chi connectivity index (χ4n) is 6.73. The largest absolute Gasteiger partial charge is 0.330 e. The normalized spacial score (nSPS) is 38.3. The van der Waals surface area contributed by atoms with Crippen LogP contribution >= 0.6 is 0 Å². The molecule has 5 aliphatic rings. The molecule has 9 nitrogen and oxygen atoms in total. The van der Waals surface area contributed by atoms with Gasteiger partial charge < -0.3 is 27.0 Å². The molecule has 2 saturated carbocycles. The number of anilines is 1. The molecule has 2 saturated heterocycles. The maximum Gasteiger partial charge on any atom is 0.327 e. The van der Waals surface area contributed by atoms with E-state index >= 15 is 0 Å². The summed E-state index contributed by atoms with van der Waals surface area (Å²) in [6.07, 6.45) is 4.00. The number of piperidine rings is 2. The second-order valence-corrected chi connectivity index (χ2v) is 11.0. The van der Waals surface area contributed by atoms with Gasteiger partial charge >= 0.3 is 12.1 Å². The van der Waals surface area contributed by atoms with Gasteiger partial charge in [-0.15, -0.1) is 0 Å². The van der Waals surface area contributed by atoms with E-state index in [9.17, 15) is 9.59 Å². The summed E-state index contributed by atoms with van der Waals surface area (Å²) < 4.78 is 0. The van der Waals surface area contributed by atoms with Gasteiger partial charge in [-0.25, -0.2) is 9.59 Å². The number of nitrogens with one attached hydrogen (secondary N) is 2. The summed E-state index contributed by atoms with van der Waals surface area (Å²) in [7, 11) is 0. The molecular formula is C25H35N7O2. The number of nitrogens with two attached hydrogens (primary N) is 2. The zero-order chi connectivity index (χ0) is 23.6. The number of urea groups is 2. The van der Waals surface area contributed by atoms with Crippen LogP contribution in [0.3, 0.4) is 0 Å². The van der Waals surface area contributed by atoms with Gasteiger partial charge in [0.15, 0.2) is 0 Å². The fraction of sp³-hybridized carbons (Fsp3) is 0.600. The smallest absolute Gasteiger partial charge is 0.327 e. The highest BCUT2D eigenvalue weighted by Gasteiger charge is 2.62. The van der Waals surface area contributed by atoms with Gasteiger partial charge in [0.05, 0.1) is 5.69 Å². The maximum atomic E-state index is 12.8. The predicted molar refractivity (Wildman–Crippen MR) is 129 cm³/mol. The quantitative estimate of drug-likeness (QED) is 0.519. The van der Waals surface area contributed by atoms with Crippen LogP contribution in [0, 0.1) is 29.1 Å². The maximum absolute atomic E-state index is 12.8. The van der Waals surface area contributed by atoms with Crippen molar-refractivity contribution in [3.05, 3.63) is 42.1 Å². The Labute approximate surface area is 200 Å². The first kappa shape index (κ1) is 21.9. The summed E-state index contributed by atoms with van der Waals surface area (Å²) in [5, 5.41) is 5.81. The molecule has 9 heteroatoms. The van der Waals surface area contributed by atoms with Crippen LogP contribution in [0.5, 0.6) is 0 Å². The average molecular weight is 466 g/mol. The van der Waals surface area contributed by atoms with Crippen molar-refractivity contribution in [2.45, 2.75) is 32.1 Å². The summed E-state index contributed by atoms with van der Waals surface area (Å²) in [6.45, 7) is 7.45. The highest BCUT2D eigenvalue weighted by atomic mass is 16.2. The molecule has 3 heterocycles. The number of hydrogen-bond acceptors (Lipinski definition) is 5. The lowest BCUT2D eigenvalue weighted by Gasteiger charge is -2.33. The second kappa shape index (κ2) is 7.96. The Balaban J connectivity index is 1.02. The molecule has 7 atom stereocenters. The summed E-state index contributed by atoms with van der Waals surface area (Å²) in [6, 6.07) is 8.09. The van der Waals surface area contributed by atoms with E-state index in [1.807, 2.05) is 17.0 Å². The molecule has 4 fully saturated rings. The first-order valence-corrected chi connectivity index (χ1v) is 12.5. The molecule has 6 rings (SSSR count). The number of hydrogen-bond donors (Lipinski definition) is 4. The number of benzene rings is 1. The molecule has 3 aliphatic heterocycles. The molecular weight excluding hydrogens is 430 g/mol. The highest BCUT2D eigenvalue weighted by Crippen LogP contribution is 2.62. The van der Waals surface area contributed by atoms with Crippen LogP contribution in [0.2, 0.25) is 0 Å². The molecule has 0 bridgehead atoms. The summed E-state index contributed by atoms with van der Waals surface area (Å²) >= 11 is 0. The third-order valence-electron chi connectivity index (χ3n) is 9.01. The molecule has 0 spiro atoms. The minimum atomic E-state index is -0.529. The Hall–Kier alpha value is -2.62. The molecule has 0 aromatic heterocycles. The number of carbonyl (C=O) groups excluding carboxylic acids is 2. The van der Waals surface area contributed by atoms with Gasteiger partial charge in [0.2, 0.25) is 0 Å². The van der Waals surface area contributed by atoms with Gasteiger partial charge in [0.25, 0.3) is 0 Å². The molecule has 0 radical (unpaired) electrons. The van der Waals surface area contributed by atoms with E-state index in [0.717, 1.165) is 44.8 Å². The average Bonchev–Trinajstić information content (AvgIpc) is 3.54. The minimum Gasteiger partial charge on any atom is -0.330 e. The highest BCUT2D eigenvalue weighted by molar-refractivity contribution is 5.95. The van der Waals surface area contributed by atoms with E-state index in [1.165, 1.54) is 5.56 Å². The Morgan fingerprint density at radius 2 is 1.97 bits per heavy atom. The fourth-order valence-corrected chi connectivity index (χ4v) is 6.73. The van der Waals surface area contributed by atoms with Gasteiger partial charge in [-0.05, 0) is 65.8 Å². The third kappa shape index (κ3) is 3.66. The van der Waals surface area contributed by atoms with Crippen molar-refractivity contribution >= 4 is 17.7 Å². The first-order chi connectivity index (χ1) is 16.4. The minimum absolute atomic E-state index is 0.140. The molecule has 5 unspecified atom stereocenters. The van der Waals surface area contributed by atoms with Crippen molar-refractivity contribution in [3.8, 4) is 0 Å². The van der Waals surface area contributed by atoms with Crippen LogP contribution in [0.15, 0.2) is 36.5 Å². The van der Waals surface area contributed by atoms with E-state index in [1.54, 1.807) is 17.2 Å². The van der Waals surface area contributed by atoms with Gasteiger partial charge in [0.1, 0.15) is 6.17 Å². The van der Waals surface area contributed by atoms with E-state index < -0.39 is 6.17 Å². The van der Waals surface area contributed by atoms with Crippen LogP contribution in [0.25, 0.3) is 0 Å². The van der Waals surface area contributed by atoms with Gasteiger partial charge in [0, 0.05) is 45.0 Å². The zero-order valence-corrected chi connectivity index (χ0v) is 19.7. The molecule has 34 heavy (non-hydrogen) atoms. The number of amides is 4. The van der Waals surface area contributed by atoms with Crippen molar-refractivity contribution in [1.29, 1.82) is 0 Å². The van der Waals surface area contributed by atoms with E-state index in [0.29, 0.717) is 36.3 Å². The van der Waals surface area contributed by atoms with Gasteiger partial charge in [-0.2, -0.15) is 0 Å². The SMILES string of the molecule is CC12CN(C(=O)NC3C=CN(c4ccc(CN5C[C@@H]6C(N)[C@@H]6C5)cc4)C(=O)N3)CCC1C2CN. The molecule has 1 aromatic rings. The van der Waals surface area contributed by atoms with Crippen LogP contribution in [0.1, 0.15) is 18.9 Å². The van der Waals surface area contributed by atoms with Gasteiger partial charge in [-0.3, -0.25) is 9.80 Å². The zero-order valence-electron chi connectivity index (χ0n) is 19.7. The molecule has 1 aromatic carbocycles. The monoisotopic (exact) mass is 465 g/mol. The summed E-state index contributed by atoms with van der Waals surface area (Å²) in [4.78, 5) is 31.5. The Bertz CT molecular complexity index is 995. The lowest BCUT2D eigenvalue weighted by atomic mass is 9.99. The van der Waals surface area contributed by atoms with Crippen molar-refractivity contribution < 1.29 is 9.59 Å². The number of fused-ring (bicyclic) bond motifs is 2. The van der Waals surface area contributed by atoms with Crippen molar-refractivity contribution in [3.63, 3.8) is 0 Å². The number of carbonyl (C=O) groups is 2. The van der Waals surface area contributed by atoms with Crippen molar-refractivity contribution in [1.82, 2.24) is 20.4 Å². The number of likely N-dealkylation sites (tertiary alicyclic amines) is 2. The van der Waals surface area contributed by atoms with E-state index in [2.05, 4.69) is 34.6 Å². The van der Waals surface area contributed by atoms with E-state index in [4.69, 9.17) is 11.5 Å². The van der Waals surface area contributed by atoms with Crippen molar-refractivity contribution in [2.75, 3.05) is 37.6 Å². The van der Waals surface area contributed by atoms with Crippen LogP contribution < -0.4 is 27.0 Å². The Morgan fingerprint density at radius 1 is 1.24 bits per heavy atom. The van der Waals surface area contributed by atoms with Crippen LogP contribution in [-0.2, 0) is 6.54 Å². The summed E-state index contributed by atoms with van der Waals surface area (Å²) in [5.41, 5.74) is 14.1. The number of nitrogens with zero attached hydrogens (tertiary/aromatic N) is 3. The van der Waals surface area contributed by atoms with E-state index in [-0.39, 0.29) is 17.5 Å². The topological polar surface area (TPSA) is 120 Å². The van der Waals surface area contributed by atoms with Gasteiger partial charge in [-0.1, -0.05) is 19.1 Å². The third-order valence-corrected chi connectivity index (χ3v) is 9.01. The lowest BCUT2D eigenvalue weighted by molar-refractivity contribution is 0.161. The molecule has 4 amide bonds. The first-order valence-electron chi connectivity index (χ1n) is 12.5. The van der Waals surface area contributed by atoms with Crippen molar-refractivity contribution in [2.24, 2.45) is 40.6 Å². The second-order valence-electron chi connectivity index (χ2n) is 11.0. The molecule has 2 aliphatic carbocycles. The lowest BCUT2D eigenvalue weighted by Crippen LogP contribution is -2.57. The predicted octanol–water partition coefficient (Wildman–Crippen LogP) is 1.07. The van der Waals surface area contributed by atoms with Crippen LogP contribution in [0.4, 0.5) is 15.3 Å². The molecule has 182 valence electrons. The molecule has 6 N–H and O–H groups in total. The van der Waals surface area contributed by atoms with Crippen LogP contribution in [-0.4, -0.2) is 66.8 Å². The Morgan fingerprint density at radius 3 is 2.65 bits per heavy atom. The summed E-state index contributed by atoms with van der Waals surface area (Å²) in [5.74, 6) is 2.51.